The molecule has 3 heterocycles. The number of aromatic amines is 1. The van der Waals surface area contributed by atoms with Gasteiger partial charge in [-0.3, -0.25) is 14.5 Å². The van der Waals surface area contributed by atoms with E-state index < -0.39 is 17.4 Å². The number of tetrazole rings is 1. The van der Waals surface area contributed by atoms with Gasteiger partial charge in [0.2, 0.25) is 11.7 Å². The van der Waals surface area contributed by atoms with Crippen molar-refractivity contribution in [1.29, 1.82) is 0 Å². The number of piperidine rings is 1. The van der Waals surface area contributed by atoms with Crippen molar-refractivity contribution in [2.75, 3.05) is 20.1 Å². The molecule has 2 aromatic rings. The SMILES string of the molecule is CN1C(=O)C[C@H](C(=O)O)C12CCN(Cc1ccc(-c3nn[nH]n3)cc1)CC2. The van der Waals surface area contributed by atoms with E-state index in [-0.39, 0.29) is 12.3 Å². The molecule has 2 N–H and O–H groups in total. The normalized spacial score (nSPS) is 22.5. The van der Waals surface area contributed by atoms with Crippen molar-refractivity contribution in [3.05, 3.63) is 29.8 Å². The number of aliphatic carboxylic acids is 1. The molecule has 4 rings (SSSR count). The minimum absolute atomic E-state index is 0.0621. The van der Waals surface area contributed by atoms with Crippen LogP contribution in [0.1, 0.15) is 24.8 Å². The first-order valence-electron chi connectivity index (χ1n) is 9.04. The van der Waals surface area contributed by atoms with Crippen LogP contribution in [0, 0.1) is 5.92 Å². The second-order valence-corrected chi connectivity index (χ2v) is 7.36. The average Bonchev–Trinajstić information content (AvgIpc) is 3.28. The Hall–Kier alpha value is -2.81. The number of nitrogens with one attached hydrogen (secondary N) is 1. The van der Waals surface area contributed by atoms with Crippen molar-refractivity contribution >= 4 is 11.9 Å². The summed E-state index contributed by atoms with van der Waals surface area (Å²) in [4.78, 5) is 27.7. The fourth-order valence-electron chi connectivity index (χ4n) is 4.38. The topological polar surface area (TPSA) is 115 Å². The third-order valence-electron chi connectivity index (χ3n) is 6.05. The van der Waals surface area contributed by atoms with Crippen LogP contribution in [-0.2, 0) is 16.1 Å². The number of carboxylic acid groups (broad SMARTS) is 1. The minimum Gasteiger partial charge on any atom is -0.481 e. The molecule has 2 aliphatic rings. The lowest BCUT2D eigenvalue weighted by atomic mass is 9.77. The molecule has 9 nitrogen and oxygen atoms in total. The number of H-pyrrole nitrogens is 1. The highest BCUT2D eigenvalue weighted by molar-refractivity contribution is 5.88. The molecule has 1 amide bonds. The van der Waals surface area contributed by atoms with E-state index in [9.17, 15) is 14.7 Å². The Balaban J connectivity index is 1.41. The molecule has 0 bridgehead atoms. The molecule has 2 saturated heterocycles. The molecular weight excluding hydrogens is 348 g/mol. The lowest BCUT2D eigenvalue weighted by molar-refractivity contribution is -0.146. The van der Waals surface area contributed by atoms with E-state index in [2.05, 4.69) is 25.5 Å². The average molecular weight is 370 g/mol. The zero-order valence-corrected chi connectivity index (χ0v) is 15.1. The molecule has 1 aromatic heterocycles. The summed E-state index contributed by atoms with van der Waals surface area (Å²) in [5.41, 5.74) is 1.53. The molecule has 1 atom stereocenters. The van der Waals surface area contributed by atoms with E-state index in [0.717, 1.165) is 25.2 Å². The summed E-state index contributed by atoms with van der Waals surface area (Å²) in [6.45, 7) is 2.33. The number of hydrogen-bond acceptors (Lipinski definition) is 6. The minimum atomic E-state index is -0.863. The molecule has 142 valence electrons. The summed E-state index contributed by atoms with van der Waals surface area (Å²) < 4.78 is 0. The van der Waals surface area contributed by atoms with Crippen LogP contribution < -0.4 is 0 Å². The first-order chi connectivity index (χ1) is 13.0. The zero-order chi connectivity index (χ0) is 19.0. The third-order valence-corrected chi connectivity index (χ3v) is 6.05. The van der Waals surface area contributed by atoms with E-state index in [4.69, 9.17) is 0 Å². The number of nitrogens with zero attached hydrogens (tertiary/aromatic N) is 5. The molecule has 1 spiro atoms. The number of likely N-dealkylation sites (tertiary alicyclic amines) is 2. The van der Waals surface area contributed by atoms with Gasteiger partial charge in [-0.1, -0.05) is 24.3 Å². The number of carbonyl (C=O) groups excluding carboxylic acids is 1. The van der Waals surface area contributed by atoms with Crippen LogP contribution in [0.25, 0.3) is 11.4 Å². The Labute approximate surface area is 156 Å². The Bertz CT molecular complexity index is 827. The molecule has 9 heteroatoms. The number of benzene rings is 1. The number of carboxylic acids is 1. The summed E-state index contributed by atoms with van der Waals surface area (Å²) >= 11 is 0. The maximum absolute atomic E-state index is 12.1. The van der Waals surface area contributed by atoms with Crippen LogP contribution in [0.3, 0.4) is 0 Å². The molecule has 2 aliphatic heterocycles. The quantitative estimate of drug-likeness (QED) is 0.816. The first kappa shape index (κ1) is 17.6. The van der Waals surface area contributed by atoms with Crippen molar-refractivity contribution in [2.24, 2.45) is 5.92 Å². The summed E-state index contributed by atoms with van der Waals surface area (Å²) in [7, 11) is 1.75. The molecule has 0 unspecified atom stereocenters. The van der Waals surface area contributed by atoms with E-state index in [0.29, 0.717) is 18.7 Å². The summed E-state index contributed by atoms with van der Waals surface area (Å²) in [6.07, 6.45) is 1.49. The predicted octanol–water partition coefficient (Wildman–Crippen LogP) is 0.764. The highest BCUT2D eigenvalue weighted by Gasteiger charge is 2.55. The molecule has 0 aliphatic carbocycles. The highest BCUT2D eigenvalue weighted by atomic mass is 16.4. The van der Waals surface area contributed by atoms with Gasteiger partial charge in [0.15, 0.2) is 0 Å². The van der Waals surface area contributed by atoms with E-state index >= 15 is 0 Å². The lowest BCUT2D eigenvalue weighted by Crippen LogP contribution is -2.55. The van der Waals surface area contributed by atoms with Gasteiger partial charge in [-0.05, 0) is 23.6 Å². The van der Waals surface area contributed by atoms with Gasteiger partial charge >= 0.3 is 5.97 Å². The fourth-order valence-corrected chi connectivity index (χ4v) is 4.38. The number of aromatic nitrogens is 4. The number of hydrogen-bond donors (Lipinski definition) is 2. The van der Waals surface area contributed by atoms with Gasteiger partial charge in [0.25, 0.3) is 0 Å². The molecule has 2 fully saturated rings. The monoisotopic (exact) mass is 370 g/mol. The van der Waals surface area contributed by atoms with E-state index in [1.54, 1.807) is 11.9 Å². The Morgan fingerprint density at radius 2 is 2.00 bits per heavy atom. The molecular formula is C18H22N6O3. The standard InChI is InChI=1S/C18H22N6O3/c1-23-15(25)10-14(17(26)27)18(23)6-8-24(9-7-18)11-12-2-4-13(5-3-12)16-19-21-22-20-16/h2-5,14H,6-11H2,1H3,(H,26,27)(H,19,20,21,22)/t14-/m1/s1. The van der Waals surface area contributed by atoms with Crippen molar-refractivity contribution in [3.63, 3.8) is 0 Å². The lowest BCUT2D eigenvalue weighted by Gasteiger charge is -2.45. The number of amides is 1. The van der Waals surface area contributed by atoms with E-state index in [1.165, 1.54) is 5.56 Å². The summed E-state index contributed by atoms with van der Waals surface area (Å²) in [5, 5.41) is 23.5. The second kappa shape index (κ2) is 6.73. The zero-order valence-electron chi connectivity index (χ0n) is 15.1. The van der Waals surface area contributed by atoms with Crippen LogP contribution in [0.15, 0.2) is 24.3 Å². The maximum atomic E-state index is 12.1. The summed E-state index contributed by atoms with van der Waals surface area (Å²) in [6, 6.07) is 8.02. The van der Waals surface area contributed by atoms with Crippen molar-refractivity contribution in [3.8, 4) is 11.4 Å². The van der Waals surface area contributed by atoms with Gasteiger partial charge < -0.3 is 10.0 Å². The molecule has 1 aromatic carbocycles. The van der Waals surface area contributed by atoms with Gasteiger partial charge in [-0.2, -0.15) is 5.21 Å². The predicted molar refractivity (Wildman–Crippen MR) is 95.4 cm³/mol. The van der Waals surface area contributed by atoms with E-state index in [1.807, 2.05) is 24.3 Å². The largest absolute Gasteiger partial charge is 0.481 e. The van der Waals surface area contributed by atoms with Crippen LogP contribution in [0.5, 0.6) is 0 Å². The van der Waals surface area contributed by atoms with Crippen molar-refractivity contribution in [2.45, 2.75) is 31.3 Å². The highest BCUT2D eigenvalue weighted by Crippen LogP contribution is 2.43. The smallest absolute Gasteiger partial charge is 0.309 e. The molecule has 0 saturated carbocycles. The Morgan fingerprint density at radius 3 is 2.59 bits per heavy atom. The van der Waals surface area contributed by atoms with Crippen LogP contribution in [0.2, 0.25) is 0 Å². The van der Waals surface area contributed by atoms with Crippen molar-refractivity contribution in [1.82, 2.24) is 30.4 Å². The first-order valence-corrected chi connectivity index (χ1v) is 9.04. The van der Waals surface area contributed by atoms with Gasteiger partial charge in [0, 0.05) is 38.7 Å². The van der Waals surface area contributed by atoms with Gasteiger partial charge in [-0.25, -0.2) is 0 Å². The third kappa shape index (κ3) is 3.08. The van der Waals surface area contributed by atoms with Crippen LogP contribution >= 0.6 is 0 Å². The van der Waals surface area contributed by atoms with Crippen molar-refractivity contribution < 1.29 is 14.7 Å². The maximum Gasteiger partial charge on any atom is 0.309 e. The second-order valence-electron chi connectivity index (χ2n) is 7.36. The van der Waals surface area contributed by atoms with Gasteiger partial charge in [0.05, 0.1) is 11.5 Å². The Kier molecular flexibility index (Phi) is 4.39. The molecule has 0 radical (unpaired) electrons. The van der Waals surface area contributed by atoms with Gasteiger partial charge in [-0.15, -0.1) is 10.2 Å². The Morgan fingerprint density at radius 1 is 1.30 bits per heavy atom. The summed E-state index contributed by atoms with van der Waals surface area (Å²) in [5.74, 6) is -0.965. The fraction of sp³-hybridized carbons (Fsp3) is 0.500. The van der Waals surface area contributed by atoms with Crippen LogP contribution in [0.4, 0.5) is 0 Å². The van der Waals surface area contributed by atoms with Crippen LogP contribution in [-0.4, -0.2) is 73.1 Å². The number of rotatable bonds is 4. The molecule has 27 heavy (non-hydrogen) atoms. The number of carbonyl (C=O) groups is 2. The van der Waals surface area contributed by atoms with Gasteiger partial charge in [0.1, 0.15) is 0 Å².